The van der Waals surface area contributed by atoms with Crippen LogP contribution >= 0.6 is 0 Å². The maximum absolute atomic E-state index is 8.76. The molecule has 0 aliphatic rings. The van der Waals surface area contributed by atoms with E-state index in [1.165, 1.54) is 0 Å². The van der Waals surface area contributed by atoms with Crippen molar-refractivity contribution in [2.24, 2.45) is 5.73 Å². The molecule has 17 heavy (non-hydrogen) atoms. The normalized spacial score (nSPS) is 13.8. The molecule has 0 amide bonds. The van der Waals surface area contributed by atoms with Gasteiger partial charge in [-0.15, -0.1) is 0 Å². The molecule has 4 nitrogen and oxygen atoms in total. The monoisotopic (exact) mass is 234 g/mol. The van der Waals surface area contributed by atoms with E-state index in [-0.39, 0.29) is 0 Å². The molecule has 0 aromatic heterocycles. The summed E-state index contributed by atoms with van der Waals surface area (Å²) in [5, 5.41) is 8.76. The molecule has 0 aliphatic carbocycles. The first kappa shape index (κ1) is 13.5. The second-order valence-electron chi connectivity index (χ2n) is 4.21. The first-order valence-corrected chi connectivity index (χ1v) is 5.48. The molecule has 1 aromatic carbocycles. The van der Waals surface area contributed by atoms with Crippen molar-refractivity contribution in [3.63, 3.8) is 0 Å². The first-order valence-electron chi connectivity index (χ1n) is 5.48. The summed E-state index contributed by atoms with van der Waals surface area (Å²) in [4.78, 5) is 0. The zero-order valence-corrected chi connectivity index (χ0v) is 10.3. The molecule has 0 fully saturated rings. The van der Waals surface area contributed by atoms with Gasteiger partial charge in [0.1, 0.15) is 11.3 Å². The zero-order valence-electron chi connectivity index (χ0n) is 10.3. The van der Waals surface area contributed by atoms with E-state index in [4.69, 9.17) is 20.5 Å². The Bertz CT molecular complexity index is 397. The van der Waals surface area contributed by atoms with E-state index in [1.807, 2.05) is 30.3 Å². The van der Waals surface area contributed by atoms with Crippen molar-refractivity contribution in [1.29, 1.82) is 5.26 Å². The molecule has 2 N–H and O–H groups in total. The molecular formula is C13H18N2O2. The van der Waals surface area contributed by atoms with E-state index in [9.17, 15) is 0 Å². The molecule has 92 valence electrons. The molecule has 0 radical (unpaired) electrons. The molecule has 1 unspecified atom stereocenters. The van der Waals surface area contributed by atoms with Gasteiger partial charge in [-0.2, -0.15) is 5.26 Å². The number of ether oxygens (including phenoxy) is 2. The van der Waals surface area contributed by atoms with Gasteiger partial charge >= 0.3 is 0 Å². The molecule has 0 heterocycles. The third-order valence-corrected chi connectivity index (χ3v) is 2.35. The summed E-state index contributed by atoms with van der Waals surface area (Å²) in [5.74, 6) is 0.772. The summed E-state index contributed by atoms with van der Waals surface area (Å²) in [5.41, 5.74) is 5.92. The van der Waals surface area contributed by atoms with Crippen LogP contribution in [0, 0.1) is 11.3 Å². The van der Waals surface area contributed by atoms with Crippen LogP contribution in [0.2, 0.25) is 0 Å². The lowest BCUT2D eigenvalue weighted by atomic mass is 10.0. The van der Waals surface area contributed by atoms with Crippen molar-refractivity contribution >= 4 is 0 Å². The van der Waals surface area contributed by atoms with Crippen molar-refractivity contribution in [2.45, 2.75) is 25.5 Å². The van der Waals surface area contributed by atoms with Gasteiger partial charge in [-0.1, -0.05) is 12.1 Å². The molecule has 0 spiro atoms. The Morgan fingerprint density at radius 3 is 2.88 bits per heavy atom. The number of methoxy groups -OCH3 is 1. The first-order chi connectivity index (χ1) is 8.07. The van der Waals surface area contributed by atoms with Gasteiger partial charge in [0.05, 0.1) is 19.3 Å². The fourth-order valence-corrected chi connectivity index (χ4v) is 1.33. The highest BCUT2D eigenvalue weighted by molar-refractivity contribution is 5.28. The maximum Gasteiger partial charge on any atom is 0.119 e. The molecule has 1 aromatic rings. The minimum atomic E-state index is -0.829. The zero-order chi connectivity index (χ0) is 12.7. The largest absolute Gasteiger partial charge is 0.493 e. The standard InChI is InChI=1S/C13H18N2O2/c1-13(15,10-14)6-7-17-12-5-3-4-11(8-12)9-16-2/h3-5,8H,6-7,9,15H2,1-2H3. The van der Waals surface area contributed by atoms with Crippen LogP contribution in [0.5, 0.6) is 5.75 Å². The minimum Gasteiger partial charge on any atom is -0.493 e. The van der Waals surface area contributed by atoms with Gasteiger partial charge in [0.2, 0.25) is 0 Å². The van der Waals surface area contributed by atoms with Gasteiger partial charge < -0.3 is 15.2 Å². The van der Waals surface area contributed by atoms with Crippen LogP contribution in [0.15, 0.2) is 24.3 Å². The molecular weight excluding hydrogens is 216 g/mol. The van der Waals surface area contributed by atoms with Crippen molar-refractivity contribution in [1.82, 2.24) is 0 Å². The van der Waals surface area contributed by atoms with Gasteiger partial charge in [-0.3, -0.25) is 0 Å². The minimum absolute atomic E-state index is 0.428. The predicted octanol–water partition coefficient (Wildman–Crippen LogP) is 1.84. The summed E-state index contributed by atoms with van der Waals surface area (Å²) in [6, 6.07) is 9.72. The Labute approximate surface area is 102 Å². The van der Waals surface area contributed by atoms with E-state index in [0.29, 0.717) is 19.6 Å². The van der Waals surface area contributed by atoms with E-state index in [1.54, 1.807) is 14.0 Å². The van der Waals surface area contributed by atoms with Crippen LogP contribution in [0.3, 0.4) is 0 Å². The Hall–Kier alpha value is -1.57. The summed E-state index contributed by atoms with van der Waals surface area (Å²) >= 11 is 0. The second-order valence-corrected chi connectivity index (χ2v) is 4.21. The third-order valence-electron chi connectivity index (χ3n) is 2.35. The molecule has 0 bridgehead atoms. The number of nitriles is 1. The van der Waals surface area contributed by atoms with Crippen LogP contribution < -0.4 is 10.5 Å². The molecule has 1 atom stereocenters. The molecule has 0 saturated heterocycles. The highest BCUT2D eigenvalue weighted by atomic mass is 16.5. The van der Waals surface area contributed by atoms with Crippen LogP contribution in [0.25, 0.3) is 0 Å². The van der Waals surface area contributed by atoms with Gasteiger partial charge in [-0.25, -0.2) is 0 Å². The Morgan fingerprint density at radius 1 is 1.47 bits per heavy atom. The molecule has 1 rings (SSSR count). The molecule has 0 aliphatic heterocycles. The average Bonchev–Trinajstić information content (AvgIpc) is 2.30. The highest BCUT2D eigenvalue weighted by Gasteiger charge is 2.16. The topological polar surface area (TPSA) is 68.3 Å². The number of nitrogens with zero attached hydrogens (tertiary/aromatic N) is 1. The van der Waals surface area contributed by atoms with Gasteiger partial charge in [0, 0.05) is 13.5 Å². The van der Waals surface area contributed by atoms with E-state index in [2.05, 4.69) is 0 Å². The fraction of sp³-hybridized carbons (Fsp3) is 0.462. The summed E-state index contributed by atoms with van der Waals surface area (Å²) < 4.78 is 10.6. The van der Waals surface area contributed by atoms with Crippen LogP contribution in [0.4, 0.5) is 0 Å². The average molecular weight is 234 g/mol. The number of benzene rings is 1. The van der Waals surface area contributed by atoms with Gasteiger partial charge in [-0.05, 0) is 24.6 Å². The lowest BCUT2D eigenvalue weighted by Crippen LogP contribution is -2.35. The van der Waals surface area contributed by atoms with Crippen molar-refractivity contribution in [3.05, 3.63) is 29.8 Å². The smallest absolute Gasteiger partial charge is 0.119 e. The van der Waals surface area contributed by atoms with E-state index < -0.39 is 5.54 Å². The quantitative estimate of drug-likeness (QED) is 0.815. The van der Waals surface area contributed by atoms with E-state index in [0.717, 1.165) is 11.3 Å². The highest BCUT2D eigenvalue weighted by Crippen LogP contribution is 2.15. The van der Waals surface area contributed by atoms with Crippen molar-refractivity contribution < 1.29 is 9.47 Å². The lowest BCUT2D eigenvalue weighted by Gasteiger charge is -2.15. The maximum atomic E-state index is 8.76. The third kappa shape index (κ3) is 4.85. The van der Waals surface area contributed by atoms with Crippen LogP contribution in [-0.2, 0) is 11.3 Å². The fourth-order valence-electron chi connectivity index (χ4n) is 1.33. The predicted molar refractivity (Wildman–Crippen MR) is 65.5 cm³/mol. The number of rotatable bonds is 6. The van der Waals surface area contributed by atoms with Crippen LogP contribution in [0.1, 0.15) is 18.9 Å². The second kappa shape index (κ2) is 6.24. The van der Waals surface area contributed by atoms with Gasteiger partial charge in [0.15, 0.2) is 0 Å². The van der Waals surface area contributed by atoms with E-state index >= 15 is 0 Å². The Morgan fingerprint density at radius 2 is 2.24 bits per heavy atom. The summed E-state index contributed by atoms with van der Waals surface area (Å²) in [6.07, 6.45) is 0.498. The Kier molecular flexibility index (Phi) is 4.95. The number of nitrogens with two attached hydrogens (primary N) is 1. The van der Waals surface area contributed by atoms with Crippen molar-refractivity contribution in [2.75, 3.05) is 13.7 Å². The number of hydrogen-bond donors (Lipinski definition) is 1. The van der Waals surface area contributed by atoms with Gasteiger partial charge in [0.25, 0.3) is 0 Å². The van der Waals surface area contributed by atoms with Crippen molar-refractivity contribution in [3.8, 4) is 11.8 Å². The van der Waals surface area contributed by atoms with Crippen LogP contribution in [-0.4, -0.2) is 19.3 Å². The SMILES string of the molecule is COCc1cccc(OCCC(C)(N)C#N)c1. The summed E-state index contributed by atoms with van der Waals surface area (Å²) in [6.45, 7) is 2.68. The lowest BCUT2D eigenvalue weighted by molar-refractivity contribution is 0.184. The Balaban J connectivity index is 2.47. The molecule has 4 heteroatoms. The summed E-state index contributed by atoms with van der Waals surface area (Å²) in [7, 11) is 1.65. The molecule has 0 saturated carbocycles. The number of hydrogen-bond acceptors (Lipinski definition) is 4.